The van der Waals surface area contributed by atoms with Gasteiger partial charge in [0.25, 0.3) is 5.91 Å². The van der Waals surface area contributed by atoms with E-state index >= 15 is 0 Å². The quantitative estimate of drug-likeness (QED) is 0.870. The van der Waals surface area contributed by atoms with Gasteiger partial charge in [-0.25, -0.2) is 8.42 Å². The highest BCUT2D eigenvalue weighted by Gasteiger charge is 2.06. The van der Waals surface area contributed by atoms with Crippen molar-refractivity contribution in [3.8, 4) is 0 Å². The number of benzene rings is 2. The summed E-state index contributed by atoms with van der Waals surface area (Å²) in [6.07, 6.45) is 1.08. The number of amides is 1. The number of sulfonamides is 1. The van der Waals surface area contributed by atoms with Crippen molar-refractivity contribution in [1.29, 1.82) is 0 Å². The monoisotopic (exact) mass is 368 g/mol. The van der Waals surface area contributed by atoms with E-state index in [1.807, 2.05) is 0 Å². The minimum atomic E-state index is -3.30. The Labute approximate surface area is 131 Å². The molecular weight excluding hydrogens is 356 g/mol. The molecule has 0 aromatic heterocycles. The van der Waals surface area contributed by atoms with Crippen molar-refractivity contribution in [2.45, 2.75) is 0 Å². The molecule has 0 aliphatic rings. The van der Waals surface area contributed by atoms with Gasteiger partial charge < -0.3 is 5.32 Å². The summed E-state index contributed by atoms with van der Waals surface area (Å²) in [5, 5.41) is 2.74. The molecule has 0 bridgehead atoms. The fourth-order valence-electron chi connectivity index (χ4n) is 1.64. The van der Waals surface area contributed by atoms with Crippen LogP contribution in [0, 0.1) is 0 Å². The van der Waals surface area contributed by atoms with Gasteiger partial charge in [0.05, 0.1) is 6.26 Å². The Kier molecular flexibility index (Phi) is 4.64. The van der Waals surface area contributed by atoms with Crippen molar-refractivity contribution in [3.05, 3.63) is 58.6 Å². The molecule has 2 N–H and O–H groups in total. The van der Waals surface area contributed by atoms with Crippen LogP contribution in [0.3, 0.4) is 0 Å². The highest BCUT2D eigenvalue weighted by Crippen LogP contribution is 2.16. The summed E-state index contributed by atoms with van der Waals surface area (Å²) in [5.74, 6) is -0.230. The van der Waals surface area contributed by atoms with E-state index in [-0.39, 0.29) is 5.91 Å². The molecular formula is C14H13BrN2O3S. The summed E-state index contributed by atoms with van der Waals surface area (Å²) in [6, 6.07) is 13.4. The molecule has 2 rings (SSSR count). The lowest BCUT2D eigenvalue weighted by Crippen LogP contribution is -2.12. The molecule has 0 heterocycles. The minimum absolute atomic E-state index is 0.230. The molecule has 0 unspecified atom stereocenters. The van der Waals surface area contributed by atoms with Gasteiger partial charge in [0.15, 0.2) is 0 Å². The molecule has 0 fully saturated rings. The average Bonchev–Trinajstić information content (AvgIpc) is 2.40. The van der Waals surface area contributed by atoms with Crippen molar-refractivity contribution in [2.75, 3.05) is 16.3 Å². The maximum absolute atomic E-state index is 12.0. The van der Waals surface area contributed by atoms with E-state index < -0.39 is 10.0 Å². The number of rotatable bonds is 4. The molecule has 7 heteroatoms. The van der Waals surface area contributed by atoms with Gasteiger partial charge >= 0.3 is 0 Å². The summed E-state index contributed by atoms with van der Waals surface area (Å²) in [4.78, 5) is 12.0. The Hall–Kier alpha value is -1.86. The average molecular weight is 369 g/mol. The normalized spacial score (nSPS) is 11.0. The zero-order valence-corrected chi connectivity index (χ0v) is 13.5. The Morgan fingerprint density at radius 3 is 2.00 bits per heavy atom. The van der Waals surface area contributed by atoms with Crippen LogP contribution >= 0.6 is 15.9 Å². The second-order valence-electron chi connectivity index (χ2n) is 4.41. The molecule has 0 aliphatic heterocycles. The van der Waals surface area contributed by atoms with E-state index in [9.17, 15) is 13.2 Å². The Bertz CT molecular complexity index is 741. The molecule has 0 aliphatic carbocycles. The molecule has 0 spiro atoms. The predicted octanol–water partition coefficient (Wildman–Crippen LogP) is 3.07. The van der Waals surface area contributed by atoms with E-state index in [0.29, 0.717) is 16.9 Å². The van der Waals surface area contributed by atoms with E-state index in [0.717, 1.165) is 10.7 Å². The summed E-state index contributed by atoms with van der Waals surface area (Å²) in [6.45, 7) is 0. The molecule has 5 nitrogen and oxygen atoms in total. The van der Waals surface area contributed by atoms with Gasteiger partial charge in [0.2, 0.25) is 10.0 Å². The fourth-order valence-corrected chi connectivity index (χ4v) is 2.47. The highest BCUT2D eigenvalue weighted by molar-refractivity contribution is 9.10. The third-order valence-corrected chi connectivity index (χ3v) is 3.69. The Morgan fingerprint density at radius 1 is 0.952 bits per heavy atom. The second kappa shape index (κ2) is 6.28. The zero-order valence-electron chi connectivity index (χ0n) is 11.1. The summed E-state index contributed by atoms with van der Waals surface area (Å²) in [7, 11) is -3.30. The molecule has 0 saturated carbocycles. The van der Waals surface area contributed by atoms with Crippen molar-refractivity contribution < 1.29 is 13.2 Å². The van der Waals surface area contributed by atoms with Gasteiger partial charge in [0, 0.05) is 21.4 Å². The number of anilines is 2. The minimum Gasteiger partial charge on any atom is -0.322 e. The first-order valence-corrected chi connectivity index (χ1v) is 8.67. The number of halogens is 1. The number of nitrogens with one attached hydrogen (secondary N) is 2. The van der Waals surface area contributed by atoms with E-state index in [1.165, 1.54) is 0 Å². The Morgan fingerprint density at radius 2 is 1.48 bits per heavy atom. The number of carbonyl (C=O) groups is 1. The Balaban J connectivity index is 2.06. The molecule has 110 valence electrons. The van der Waals surface area contributed by atoms with E-state index in [2.05, 4.69) is 26.0 Å². The molecule has 21 heavy (non-hydrogen) atoms. The SMILES string of the molecule is CS(=O)(=O)Nc1ccc(NC(=O)c2ccc(Br)cc2)cc1. The van der Waals surface area contributed by atoms with Crippen LogP contribution in [0.5, 0.6) is 0 Å². The molecule has 0 atom stereocenters. The van der Waals surface area contributed by atoms with Crippen molar-refractivity contribution >= 4 is 43.2 Å². The van der Waals surface area contributed by atoms with Gasteiger partial charge in [-0.2, -0.15) is 0 Å². The third kappa shape index (κ3) is 4.87. The van der Waals surface area contributed by atoms with Crippen LogP contribution in [0.4, 0.5) is 11.4 Å². The molecule has 0 saturated heterocycles. The number of hydrogen-bond donors (Lipinski definition) is 2. The van der Waals surface area contributed by atoms with Crippen LogP contribution in [0.15, 0.2) is 53.0 Å². The first kappa shape index (κ1) is 15.5. The highest BCUT2D eigenvalue weighted by atomic mass is 79.9. The fraction of sp³-hybridized carbons (Fsp3) is 0.0714. The number of hydrogen-bond acceptors (Lipinski definition) is 3. The number of carbonyl (C=O) groups excluding carboxylic acids is 1. The van der Waals surface area contributed by atoms with Crippen LogP contribution in [-0.4, -0.2) is 20.6 Å². The lowest BCUT2D eigenvalue weighted by molar-refractivity contribution is 0.102. The van der Waals surface area contributed by atoms with Crippen LogP contribution < -0.4 is 10.0 Å². The first-order valence-electron chi connectivity index (χ1n) is 5.98. The maximum Gasteiger partial charge on any atom is 0.255 e. The lowest BCUT2D eigenvalue weighted by atomic mass is 10.2. The third-order valence-electron chi connectivity index (χ3n) is 2.55. The summed E-state index contributed by atoms with van der Waals surface area (Å²) >= 11 is 3.31. The summed E-state index contributed by atoms with van der Waals surface area (Å²) < 4.78 is 25.4. The molecule has 2 aromatic carbocycles. The molecule has 0 radical (unpaired) electrons. The van der Waals surface area contributed by atoms with Crippen molar-refractivity contribution in [2.24, 2.45) is 0 Å². The van der Waals surface area contributed by atoms with Gasteiger partial charge in [-0.15, -0.1) is 0 Å². The predicted molar refractivity (Wildman–Crippen MR) is 87.0 cm³/mol. The largest absolute Gasteiger partial charge is 0.322 e. The zero-order chi connectivity index (χ0) is 15.5. The smallest absolute Gasteiger partial charge is 0.255 e. The molecule has 2 aromatic rings. The standard InChI is InChI=1S/C14H13BrN2O3S/c1-21(19,20)17-13-8-6-12(7-9-13)16-14(18)10-2-4-11(15)5-3-10/h2-9,17H,1H3,(H,16,18). The van der Waals surface area contributed by atoms with Crippen LogP contribution in [0.25, 0.3) is 0 Å². The van der Waals surface area contributed by atoms with Crippen LogP contribution in [0.1, 0.15) is 10.4 Å². The first-order chi connectivity index (χ1) is 9.83. The van der Waals surface area contributed by atoms with Crippen LogP contribution in [0.2, 0.25) is 0 Å². The van der Waals surface area contributed by atoms with Crippen molar-refractivity contribution in [1.82, 2.24) is 0 Å². The van der Waals surface area contributed by atoms with Crippen molar-refractivity contribution in [3.63, 3.8) is 0 Å². The van der Waals surface area contributed by atoms with Crippen LogP contribution in [-0.2, 0) is 10.0 Å². The topological polar surface area (TPSA) is 75.3 Å². The lowest BCUT2D eigenvalue weighted by Gasteiger charge is -2.07. The van der Waals surface area contributed by atoms with Gasteiger partial charge in [0.1, 0.15) is 0 Å². The van der Waals surface area contributed by atoms with Gasteiger partial charge in [-0.1, -0.05) is 15.9 Å². The summed E-state index contributed by atoms with van der Waals surface area (Å²) in [5.41, 5.74) is 1.57. The second-order valence-corrected chi connectivity index (χ2v) is 7.08. The van der Waals surface area contributed by atoms with E-state index in [1.54, 1.807) is 48.5 Å². The van der Waals surface area contributed by atoms with E-state index in [4.69, 9.17) is 0 Å². The molecule has 1 amide bonds. The van der Waals surface area contributed by atoms with Gasteiger partial charge in [-0.05, 0) is 48.5 Å². The maximum atomic E-state index is 12.0. The van der Waals surface area contributed by atoms with Gasteiger partial charge in [-0.3, -0.25) is 9.52 Å².